The van der Waals surface area contributed by atoms with E-state index in [0.717, 1.165) is 17.8 Å². The molecule has 0 aliphatic heterocycles. The number of amides is 1. The number of halogens is 1. The highest BCUT2D eigenvalue weighted by atomic mass is 19.1. The normalized spacial score (nSPS) is 11.9. The van der Waals surface area contributed by atoms with Crippen molar-refractivity contribution >= 4 is 5.91 Å². The molecule has 1 atom stereocenters. The molecule has 0 saturated heterocycles. The number of aliphatic hydroxyl groups is 1. The fraction of sp³-hybridized carbons (Fsp3) is 0.143. The summed E-state index contributed by atoms with van der Waals surface area (Å²) in [7, 11) is 0. The van der Waals surface area contributed by atoms with Crippen molar-refractivity contribution in [1.29, 1.82) is 0 Å². The molecule has 0 bridgehead atoms. The Morgan fingerprint density at radius 1 is 1.26 bits per heavy atom. The van der Waals surface area contributed by atoms with Crippen LogP contribution in [0.3, 0.4) is 0 Å². The van der Waals surface area contributed by atoms with Crippen molar-refractivity contribution in [1.82, 2.24) is 10.3 Å². The van der Waals surface area contributed by atoms with Gasteiger partial charge in [0.15, 0.2) is 0 Å². The zero-order chi connectivity index (χ0) is 13.7. The molecular formula is C14H13FN2O2. The lowest BCUT2D eigenvalue weighted by Crippen LogP contribution is -2.30. The topological polar surface area (TPSA) is 62.2 Å². The molecule has 98 valence electrons. The maximum atomic E-state index is 12.7. The summed E-state index contributed by atoms with van der Waals surface area (Å²) in [5.74, 6) is -1.05. The van der Waals surface area contributed by atoms with Crippen LogP contribution in [0.15, 0.2) is 48.7 Å². The Hall–Kier alpha value is -2.27. The van der Waals surface area contributed by atoms with E-state index in [1.807, 2.05) is 30.3 Å². The van der Waals surface area contributed by atoms with Crippen molar-refractivity contribution in [2.45, 2.75) is 6.04 Å². The van der Waals surface area contributed by atoms with Gasteiger partial charge in [-0.15, -0.1) is 0 Å². The molecule has 0 radical (unpaired) electrons. The number of aliphatic hydroxyl groups excluding tert-OH is 1. The Bertz CT molecular complexity index is 543. The van der Waals surface area contributed by atoms with Gasteiger partial charge < -0.3 is 10.4 Å². The number of hydrogen-bond acceptors (Lipinski definition) is 3. The van der Waals surface area contributed by atoms with Crippen molar-refractivity contribution in [2.75, 3.05) is 6.61 Å². The average molecular weight is 260 g/mol. The van der Waals surface area contributed by atoms with Gasteiger partial charge in [-0.3, -0.25) is 4.79 Å². The monoisotopic (exact) mass is 260 g/mol. The molecule has 2 N–H and O–H groups in total. The van der Waals surface area contributed by atoms with Crippen molar-refractivity contribution in [2.24, 2.45) is 0 Å². The second-order valence-corrected chi connectivity index (χ2v) is 3.99. The molecule has 0 saturated carbocycles. The minimum absolute atomic E-state index is 0.218. The number of nitrogens with zero attached hydrogens (tertiary/aromatic N) is 1. The van der Waals surface area contributed by atoms with Gasteiger partial charge in [-0.2, -0.15) is 4.39 Å². The lowest BCUT2D eigenvalue weighted by molar-refractivity contribution is 0.0915. The van der Waals surface area contributed by atoms with E-state index in [1.54, 1.807) is 0 Å². The van der Waals surface area contributed by atoms with Crippen LogP contribution in [-0.2, 0) is 0 Å². The fourth-order valence-electron chi connectivity index (χ4n) is 1.67. The molecule has 0 spiro atoms. The minimum Gasteiger partial charge on any atom is -0.394 e. The van der Waals surface area contributed by atoms with Crippen LogP contribution in [0.1, 0.15) is 22.0 Å². The molecule has 1 aromatic heterocycles. The molecular weight excluding hydrogens is 247 g/mol. The Morgan fingerprint density at radius 3 is 2.58 bits per heavy atom. The van der Waals surface area contributed by atoms with Crippen LogP contribution in [0.5, 0.6) is 0 Å². The van der Waals surface area contributed by atoms with E-state index in [0.29, 0.717) is 0 Å². The molecule has 1 aromatic carbocycles. The molecule has 0 fully saturated rings. The molecule has 2 aromatic rings. The first kappa shape index (κ1) is 13.2. The number of aromatic nitrogens is 1. The van der Waals surface area contributed by atoms with E-state index in [-0.39, 0.29) is 12.2 Å². The number of nitrogens with one attached hydrogen (secondary N) is 1. The van der Waals surface area contributed by atoms with Crippen molar-refractivity contribution < 1.29 is 14.3 Å². The molecule has 2 rings (SSSR count). The van der Waals surface area contributed by atoms with Crippen molar-refractivity contribution in [3.63, 3.8) is 0 Å². The third-order valence-electron chi connectivity index (χ3n) is 2.68. The van der Waals surface area contributed by atoms with Crippen LogP contribution in [0.4, 0.5) is 4.39 Å². The highest BCUT2D eigenvalue weighted by Crippen LogP contribution is 2.12. The third kappa shape index (κ3) is 3.35. The smallest absolute Gasteiger partial charge is 0.253 e. The summed E-state index contributed by atoms with van der Waals surface area (Å²) < 4.78 is 12.7. The third-order valence-corrected chi connectivity index (χ3v) is 2.68. The number of hydrogen-bond donors (Lipinski definition) is 2. The van der Waals surface area contributed by atoms with Crippen LogP contribution < -0.4 is 5.32 Å². The van der Waals surface area contributed by atoms with E-state index >= 15 is 0 Å². The molecule has 1 unspecified atom stereocenters. The highest BCUT2D eigenvalue weighted by molar-refractivity contribution is 5.94. The van der Waals surface area contributed by atoms with Crippen LogP contribution in [-0.4, -0.2) is 22.6 Å². The number of pyridine rings is 1. The molecule has 19 heavy (non-hydrogen) atoms. The SMILES string of the molecule is O=C(NC(CO)c1ccccc1)c1ccc(F)nc1. The molecule has 1 heterocycles. The first-order valence-corrected chi connectivity index (χ1v) is 5.79. The maximum Gasteiger partial charge on any atom is 0.253 e. The Balaban J connectivity index is 2.10. The molecule has 4 nitrogen and oxygen atoms in total. The highest BCUT2D eigenvalue weighted by Gasteiger charge is 2.14. The summed E-state index contributed by atoms with van der Waals surface area (Å²) in [5.41, 5.74) is 1.05. The Kier molecular flexibility index (Phi) is 4.20. The molecule has 1 amide bonds. The van der Waals surface area contributed by atoms with E-state index in [4.69, 9.17) is 0 Å². The van der Waals surface area contributed by atoms with Crippen molar-refractivity contribution in [3.8, 4) is 0 Å². The summed E-state index contributed by atoms with van der Waals surface area (Å²) in [6, 6.07) is 11.1. The van der Waals surface area contributed by atoms with Gasteiger partial charge in [0, 0.05) is 6.20 Å². The maximum absolute atomic E-state index is 12.7. The van der Waals surface area contributed by atoms with Gasteiger partial charge in [-0.25, -0.2) is 4.98 Å². The molecule has 5 heteroatoms. The Labute approximate surface area is 109 Å². The van der Waals surface area contributed by atoms with Gasteiger partial charge in [0.05, 0.1) is 18.2 Å². The second-order valence-electron chi connectivity index (χ2n) is 3.99. The van der Waals surface area contributed by atoms with Gasteiger partial charge in [0.2, 0.25) is 5.95 Å². The minimum atomic E-state index is -0.640. The van der Waals surface area contributed by atoms with Gasteiger partial charge in [-0.05, 0) is 17.7 Å². The van der Waals surface area contributed by atoms with Gasteiger partial charge in [0.25, 0.3) is 5.91 Å². The van der Waals surface area contributed by atoms with E-state index in [2.05, 4.69) is 10.3 Å². The largest absolute Gasteiger partial charge is 0.394 e. The van der Waals surface area contributed by atoms with Crippen molar-refractivity contribution in [3.05, 3.63) is 65.7 Å². The van der Waals surface area contributed by atoms with Gasteiger partial charge in [-0.1, -0.05) is 30.3 Å². The summed E-state index contributed by atoms with van der Waals surface area (Å²) in [4.78, 5) is 15.3. The quantitative estimate of drug-likeness (QED) is 0.822. The van der Waals surface area contributed by atoms with Crippen LogP contribution in [0, 0.1) is 5.95 Å². The Morgan fingerprint density at radius 2 is 2.00 bits per heavy atom. The first-order valence-electron chi connectivity index (χ1n) is 5.79. The number of benzene rings is 1. The summed E-state index contributed by atoms with van der Waals surface area (Å²) in [6.45, 7) is -0.218. The average Bonchev–Trinajstić information content (AvgIpc) is 2.46. The second kappa shape index (κ2) is 6.06. The van der Waals surface area contributed by atoms with Crippen LogP contribution >= 0.6 is 0 Å². The zero-order valence-electron chi connectivity index (χ0n) is 10.1. The van der Waals surface area contributed by atoms with Gasteiger partial charge in [0.1, 0.15) is 0 Å². The lowest BCUT2D eigenvalue weighted by Gasteiger charge is -2.16. The van der Waals surface area contributed by atoms with Crippen LogP contribution in [0.25, 0.3) is 0 Å². The number of carbonyl (C=O) groups excluding carboxylic acids is 1. The number of rotatable bonds is 4. The first-order chi connectivity index (χ1) is 9.20. The summed E-state index contributed by atoms with van der Waals surface area (Å²) >= 11 is 0. The van der Waals surface area contributed by atoms with Crippen LogP contribution in [0.2, 0.25) is 0 Å². The summed E-state index contributed by atoms with van der Waals surface area (Å²) in [6.07, 6.45) is 1.16. The van der Waals surface area contributed by atoms with Gasteiger partial charge >= 0.3 is 0 Å². The summed E-state index contributed by atoms with van der Waals surface area (Å²) in [5, 5.41) is 12.0. The molecule has 0 aliphatic rings. The van der Waals surface area contributed by atoms with E-state index < -0.39 is 17.9 Å². The standard InChI is InChI=1S/C14H13FN2O2/c15-13-7-6-11(8-16-13)14(19)17-12(9-18)10-4-2-1-3-5-10/h1-8,12,18H,9H2,(H,17,19). The zero-order valence-corrected chi connectivity index (χ0v) is 10.1. The van der Waals surface area contributed by atoms with E-state index in [1.165, 1.54) is 6.07 Å². The molecule has 0 aliphatic carbocycles. The predicted octanol–water partition coefficient (Wildman–Crippen LogP) is 1.68. The predicted molar refractivity (Wildman–Crippen MR) is 67.9 cm³/mol. The van der Waals surface area contributed by atoms with E-state index in [9.17, 15) is 14.3 Å². The lowest BCUT2D eigenvalue weighted by atomic mass is 10.1. The fourth-order valence-corrected chi connectivity index (χ4v) is 1.67. The number of carbonyl (C=O) groups is 1.